The molecule has 0 aliphatic carbocycles. The Kier molecular flexibility index (Phi) is 6.72. The summed E-state index contributed by atoms with van der Waals surface area (Å²) in [5.41, 5.74) is 1.68. The fourth-order valence-corrected chi connectivity index (χ4v) is 2.16. The Morgan fingerprint density at radius 2 is 1.24 bits per heavy atom. The van der Waals surface area contributed by atoms with Crippen molar-refractivity contribution in [1.29, 1.82) is 0 Å². The molecule has 0 atom stereocenters. The molecule has 4 heteroatoms. The van der Waals surface area contributed by atoms with Gasteiger partial charge in [0.25, 0.3) is 0 Å². The van der Waals surface area contributed by atoms with Crippen LogP contribution in [0.2, 0.25) is 0 Å². The van der Waals surface area contributed by atoms with E-state index >= 15 is 0 Å². The number of rotatable bonds is 8. The highest BCUT2D eigenvalue weighted by Crippen LogP contribution is 2.15. The summed E-state index contributed by atoms with van der Waals surface area (Å²) in [5.74, 6) is 0.935. The number of ketones is 2. The zero-order valence-electron chi connectivity index (χ0n) is 14.3. The Balaban J connectivity index is 1.91. The van der Waals surface area contributed by atoms with Gasteiger partial charge in [-0.1, -0.05) is 36.4 Å². The number of hydrogen-bond donors (Lipinski definition) is 0. The van der Waals surface area contributed by atoms with E-state index in [1.807, 2.05) is 48.5 Å². The van der Waals surface area contributed by atoms with Crippen molar-refractivity contribution in [3.05, 3.63) is 71.8 Å². The van der Waals surface area contributed by atoms with E-state index in [0.29, 0.717) is 11.5 Å². The summed E-state index contributed by atoms with van der Waals surface area (Å²) in [5, 5.41) is 0. The first kappa shape index (κ1) is 18.2. The molecule has 0 aliphatic rings. The lowest BCUT2D eigenvalue weighted by atomic mass is 10.1. The summed E-state index contributed by atoms with van der Waals surface area (Å²) in [6.45, 7) is 0. The van der Waals surface area contributed by atoms with Crippen LogP contribution < -0.4 is 9.47 Å². The average molecular weight is 336 g/mol. The predicted molar refractivity (Wildman–Crippen MR) is 98.7 cm³/mol. The third-order valence-corrected chi connectivity index (χ3v) is 3.46. The van der Waals surface area contributed by atoms with Gasteiger partial charge in [0.2, 0.25) is 0 Å². The van der Waals surface area contributed by atoms with Crippen molar-refractivity contribution < 1.29 is 19.1 Å². The molecule has 0 heterocycles. The number of methoxy groups -OCH3 is 2. The van der Waals surface area contributed by atoms with Gasteiger partial charge < -0.3 is 9.47 Å². The molecule has 4 nitrogen and oxygen atoms in total. The van der Waals surface area contributed by atoms with Gasteiger partial charge in [0.15, 0.2) is 11.6 Å². The first-order valence-electron chi connectivity index (χ1n) is 7.80. The van der Waals surface area contributed by atoms with E-state index in [-0.39, 0.29) is 18.0 Å². The summed E-state index contributed by atoms with van der Waals surface area (Å²) < 4.78 is 10.3. The molecule has 2 rings (SSSR count). The van der Waals surface area contributed by atoms with Crippen LogP contribution in [0, 0.1) is 0 Å². The van der Waals surface area contributed by atoms with Gasteiger partial charge in [0, 0.05) is 0 Å². The Morgan fingerprint density at radius 3 is 1.64 bits per heavy atom. The van der Waals surface area contributed by atoms with Crippen LogP contribution in [-0.2, 0) is 9.59 Å². The summed E-state index contributed by atoms with van der Waals surface area (Å²) in [7, 11) is 3.17. The lowest BCUT2D eigenvalue weighted by Crippen LogP contribution is -2.01. The summed E-state index contributed by atoms with van der Waals surface area (Å²) in [6.07, 6.45) is 5.99. The van der Waals surface area contributed by atoms with Gasteiger partial charge in [0.1, 0.15) is 11.5 Å². The van der Waals surface area contributed by atoms with Crippen molar-refractivity contribution in [3.63, 3.8) is 0 Å². The number of ether oxygens (including phenoxy) is 2. The second-order valence-electron chi connectivity index (χ2n) is 5.33. The number of carbonyl (C=O) groups is 2. The summed E-state index contributed by atoms with van der Waals surface area (Å²) in [4.78, 5) is 23.8. The molecule has 128 valence electrons. The quantitative estimate of drug-likeness (QED) is 0.541. The molecule has 0 fully saturated rings. The Hall–Kier alpha value is -3.14. The SMILES string of the molecule is COc1cccc(C=CC(=O)CC(=O)C=Cc2cccc(OC)c2)c1. The minimum absolute atomic E-state index is 0.166. The van der Waals surface area contributed by atoms with Crippen LogP contribution in [0.15, 0.2) is 60.7 Å². The van der Waals surface area contributed by atoms with Crippen molar-refractivity contribution in [2.45, 2.75) is 6.42 Å². The lowest BCUT2D eigenvalue weighted by Gasteiger charge is -2.00. The molecular weight excluding hydrogens is 316 g/mol. The van der Waals surface area contributed by atoms with Crippen molar-refractivity contribution in [3.8, 4) is 11.5 Å². The van der Waals surface area contributed by atoms with Crippen LogP contribution in [0.3, 0.4) is 0 Å². The molecule has 0 bridgehead atoms. The van der Waals surface area contributed by atoms with Gasteiger partial charge in [-0.25, -0.2) is 0 Å². The van der Waals surface area contributed by atoms with Crippen LogP contribution in [-0.4, -0.2) is 25.8 Å². The second-order valence-corrected chi connectivity index (χ2v) is 5.33. The van der Waals surface area contributed by atoms with E-state index in [9.17, 15) is 9.59 Å². The number of carbonyl (C=O) groups excluding carboxylic acids is 2. The maximum absolute atomic E-state index is 11.9. The second kappa shape index (κ2) is 9.23. The molecule has 2 aromatic carbocycles. The van der Waals surface area contributed by atoms with Crippen LogP contribution in [0.4, 0.5) is 0 Å². The normalized spacial score (nSPS) is 11.0. The highest BCUT2D eigenvalue weighted by molar-refractivity contribution is 6.10. The minimum Gasteiger partial charge on any atom is -0.497 e. The molecule has 0 aliphatic heterocycles. The molecule has 0 unspecified atom stereocenters. The molecule has 0 saturated carbocycles. The van der Waals surface area contributed by atoms with E-state index in [1.165, 1.54) is 12.2 Å². The molecular formula is C21H20O4. The van der Waals surface area contributed by atoms with Crippen molar-refractivity contribution in [1.82, 2.24) is 0 Å². The van der Waals surface area contributed by atoms with Gasteiger partial charge in [0.05, 0.1) is 20.6 Å². The zero-order valence-corrected chi connectivity index (χ0v) is 14.3. The zero-order chi connectivity index (χ0) is 18.1. The van der Waals surface area contributed by atoms with Crippen molar-refractivity contribution in [2.24, 2.45) is 0 Å². The third kappa shape index (κ3) is 6.11. The highest BCUT2D eigenvalue weighted by atomic mass is 16.5. The van der Waals surface area contributed by atoms with Crippen molar-refractivity contribution >= 4 is 23.7 Å². The highest BCUT2D eigenvalue weighted by Gasteiger charge is 2.04. The van der Waals surface area contributed by atoms with E-state index < -0.39 is 0 Å². The van der Waals surface area contributed by atoms with E-state index in [0.717, 1.165) is 11.1 Å². The van der Waals surface area contributed by atoms with E-state index in [1.54, 1.807) is 26.4 Å². The minimum atomic E-state index is -0.247. The number of benzene rings is 2. The Morgan fingerprint density at radius 1 is 0.800 bits per heavy atom. The third-order valence-electron chi connectivity index (χ3n) is 3.46. The smallest absolute Gasteiger partial charge is 0.163 e. The van der Waals surface area contributed by atoms with Crippen molar-refractivity contribution in [2.75, 3.05) is 14.2 Å². The molecule has 25 heavy (non-hydrogen) atoms. The Labute approximate surface area is 147 Å². The predicted octanol–water partition coefficient (Wildman–Crippen LogP) is 3.96. The van der Waals surface area contributed by atoms with E-state index in [4.69, 9.17) is 9.47 Å². The van der Waals surface area contributed by atoms with E-state index in [2.05, 4.69) is 0 Å². The van der Waals surface area contributed by atoms with Gasteiger partial charge in [-0.2, -0.15) is 0 Å². The first-order chi connectivity index (χ1) is 12.1. The standard InChI is InChI=1S/C21H20O4/c1-24-20-7-3-5-16(13-20)9-11-18(22)15-19(23)12-10-17-6-4-8-21(14-17)25-2/h3-14H,15H2,1-2H3. The van der Waals surface area contributed by atoms with Crippen LogP contribution >= 0.6 is 0 Å². The van der Waals surface area contributed by atoms with Gasteiger partial charge in [-0.3, -0.25) is 9.59 Å². The number of hydrogen-bond acceptors (Lipinski definition) is 4. The average Bonchev–Trinajstić information content (AvgIpc) is 2.65. The maximum atomic E-state index is 11.9. The fraction of sp³-hybridized carbons (Fsp3) is 0.143. The fourth-order valence-electron chi connectivity index (χ4n) is 2.16. The molecule has 0 N–H and O–H groups in total. The molecule has 0 radical (unpaired) electrons. The van der Waals surface area contributed by atoms with Crippen LogP contribution in [0.25, 0.3) is 12.2 Å². The lowest BCUT2D eigenvalue weighted by molar-refractivity contribution is -0.121. The summed E-state index contributed by atoms with van der Waals surface area (Å²) >= 11 is 0. The molecule has 0 saturated heterocycles. The maximum Gasteiger partial charge on any atom is 0.163 e. The topological polar surface area (TPSA) is 52.6 Å². The van der Waals surface area contributed by atoms with Gasteiger partial charge in [-0.05, 0) is 47.5 Å². The first-order valence-corrected chi connectivity index (χ1v) is 7.80. The molecule has 0 amide bonds. The summed E-state index contributed by atoms with van der Waals surface area (Å²) in [6, 6.07) is 14.7. The largest absolute Gasteiger partial charge is 0.497 e. The van der Waals surface area contributed by atoms with Gasteiger partial charge >= 0.3 is 0 Å². The molecule has 0 spiro atoms. The molecule has 0 aromatic heterocycles. The number of allylic oxidation sites excluding steroid dienone is 2. The molecule has 2 aromatic rings. The monoisotopic (exact) mass is 336 g/mol. The van der Waals surface area contributed by atoms with Crippen LogP contribution in [0.5, 0.6) is 11.5 Å². The van der Waals surface area contributed by atoms with Gasteiger partial charge in [-0.15, -0.1) is 0 Å². The Bertz CT molecular complexity index is 736. The van der Waals surface area contributed by atoms with Crippen LogP contribution in [0.1, 0.15) is 17.5 Å².